The number of rotatable bonds is 5. The summed E-state index contributed by atoms with van der Waals surface area (Å²) in [5.41, 5.74) is 1.85. The molecule has 3 rings (SSSR count). The Bertz CT molecular complexity index is 591. The highest BCUT2D eigenvalue weighted by atomic mass is 16.5. The Morgan fingerprint density at radius 3 is 3.05 bits per heavy atom. The van der Waals surface area contributed by atoms with Gasteiger partial charge in [0.2, 0.25) is 0 Å². The third-order valence-corrected chi connectivity index (χ3v) is 3.33. The van der Waals surface area contributed by atoms with Gasteiger partial charge in [-0.1, -0.05) is 30.3 Å². The SMILES string of the molecule is O=C(COC1CCOC1)Nc1[nH]ncc1-c1ccccc1. The predicted octanol–water partition coefficient (Wildman–Crippen LogP) is 1.82. The number of carbonyl (C=O) groups excluding carboxylic acids is 1. The molecular formula is C15H17N3O3. The van der Waals surface area contributed by atoms with Crippen molar-refractivity contribution in [1.29, 1.82) is 0 Å². The van der Waals surface area contributed by atoms with Crippen LogP contribution in [-0.4, -0.2) is 42.0 Å². The van der Waals surface area contributed by atoms with Crippen LogP contribution in [-0.2, 0) is 14.3 Å². The molecule has 1 aromatic heterocycles. The van der Waals surface area contributed by atoms with E-state index in [0.29, 0.717) is 19.0 Å². The summed E-state index contributed by atoms with van der Waals surface area (Å²) in [6.07, 6.45) is 2.55. The quantitative estimate of drug-likeness (QED) is 0.879. The van der Waals surface area contributed by atoms with Gasteiger partial charge in [-0.3, -0.25) is 9.89 Å². The third-order valence-electron chi connectivity index (χ3n) is 3.33. The molecule has 2 heterocycles. The fraction of sp³-hybridized carbons (Fsp3) is 0.333. The van der Waals surface area contributed by atoms with Gasteiger partial charge in [0.1, 0.15) is 12.4 Å². The molecule has 1 aromatic carbocycles. The van der Waals surface area contributed by atoms with Crippen molar-refractivity contribution in [3.8, 4) is 11.1 Å². The van der Waals surface area contributed by atoms with Gasteiger partial charge in [0, 0.05) is 12.2 Å². The monoisotopic (exact) mass is 287 g/mol. The summed E-state index contributed by atoms with van der Waals surface area (Å²) < 4.78 is 10.7. The topological polar surface area (TPSA) is 76.2 Å². The Hall–Kier alpha value is -2.18. The number of benzene rings is 1. The van der Waals surface area contributed by atoms with E-state index in [1.54, 1.807) is 6.20 Å². The van der Waals surface area contributed by atoms with Gasteiger partial charge in [-0.2, -0.15) is 5.10 Å². The lowest BCUT2D eigenvalue weighted by atomic mass is 10.1. The number of aromatic nitrogens is 2. The number of anilines is 1. The third kappa shape index (κ3) is 3.48. The lowest BCUT2D eigenvalue weighted by Gasteiger charge is -2.10. The summed E-state index contributed by atoms with van der Waals surface area (Å²) in [7, 11) is 0. The molecule has 1 saturated heterocycles. The van der Waals surface area contributed by atoms with E-state index < -0.39 is 0 Å². The Morgan fingerprint density at radius 1 is 1.43 bits per heavy atom. The van der Waals surface area contributed by atoms with E-state index in [9.17, 15) is 4.79 Å². The van der Waals surface area contributed by atoms with Crippen molar-refractivity contribution in [3.05, 3.63) is 36.5 Å². The van der Waals surface area contributed by atoms with Crippen LogP contribution in [0.15, 0.2) is 36.5 Å². The molecule has 1 fully saturated rings. The van der Waals surface area contributed by atoms with Crippen LogP contribution in [0.1, 0.15) is 6.42 Å². The molecule has 1 aliphatic rings. The fourth-order valence-corrected chi connectivity index (χ4v) is 2.23. The zero-order chi connectivity index (χ0) is 14.5. The van der Waals surface area contributed by atoms with Crippen LogP contribution in [0.4, 0.5) is 5.82 Å². The first-order chi connectivity index (χ1) is 10.3. The van der Waals surface area contributed by atoms with Crippen LogP contribution < -0.4 is 5.32 Å². The van der Waals surface area contributed by atoms with Gasteiger partial charge >= 0.3 is 0 Å². The van der Waals surface area contributed by atoms with E-state index in [2.05, 4.69) is 15.5 Å². The van der Waals surface area contributed by atoms with Gasteiger partial charge in [0.05, 0.1) is 18.9 Å². The van der Waals surface area contributed by atoms with Crippen molar-refractivity contribution >= 4 is 11.7 Å². The average molecular weight is 287 g/mol. The number of nitrogens with one attached hydrogen (secondary N) is 2. The minimum atomic E-state index is -0.205. The highest BCUT2D eigenvalue weighted by molar-refractivity contribution is 5.94. The number of carbonyl (C=O) groups is 1. The number of nitrogens with zero attached hydrogens (tertiary/aromatic N) is 1. The summed E-state index contributed by atoms with van der Waals surface area (Å²) in [4.78, 5) is 11.9. The molecule has 0 radical (unpaired) electrons. The fourth-order valence-electron chi connectivity index (χ4n) is 2.23. The van der Waals surface area contributed by atoms with Gasteiger partial charge in [-0.25, -0.2) is 0 Å². The Kier molecular flexibility index (Phi) is 4.28. The van der Waals surface area contributed by atoms with Gasteiger partial charge in [-0.15, -0.1) is 0 Å². The summed E-state index contributed by atoms with van der Waals surface area (Å²) in [6, 6.07) is 9.76. The molecule has 1 unspecified atom stereocenters. The molecule has 110 valence electrons. The molecule has 6 heteroatoms. The summed E-state index contributed by atoms with van der Waals surface area (Å²) in [6.45, 7) is 1.28. The Balaban J connectivity index is 1.60. The van der Waals surface area contributed by atoms with Gasteiger partial charge in [-0.05, 0) is 12.0 Å². The van der Waals surface area contributed by atoms with Crippen molar-refractivity contribution in [2.24, 2.45) is 0 Å². The second-order valence-corrected chi connectivity index (χ2v) is 4.87. The van der Waals surface area contributed by atoms with Crippen molar-refractivity contribution in [2.45, 2.75) is 12.5 Å². The minimum Gasteiger partial charge on any atom is -0.379 e. The van der Waals surface area contributed by atoms with E-state index in [0.717, 1.165) is 17.5 Å². The summed E-state index contributed by atoms with van der Waals surface area (Å²) in [5.74, 6) is 0.376. The largest absolute Gasteiger partial charge is 0.379 e. The van der Waals surface area contributed by atoms with Gasteiger partial charge in [0.25, 0.3) is 5.91 Å². The first-order valence-corrected chi connectivity index (χ1v) is 6.91. The molecule has 0 aliphatic carbocycles. The number of amides is 1. The maximum atomic E-state index is 11.9. The standard InChI is InChI=1S/C15H17N3O3/c19-14(10-21-12-6-7-20-9-12)17-15-13(8-16-18-15)11-4-2-1-3-5-11/h1-5,8,12H,6-7,9-10H2,(H2,16,17,18,19). The zero-order valence-corrected chi connectivity index (χ0v) is 11.5. The van der Waals surface area contributed by atoms with E-state index >= 15 is 0 Å². The molecular weight excluding hydrogens is 270 g/mol. The van der Waals surface area contributed by atoms with Crippen LogP contribution in [0.25, 0.3) is 11.1 Å². The zero-order valence-electron chi connectivity index (χ0n) is 11.5. The number of aromatic amines is 1. The Morgan fingerprint density at radius 2 is 2.29 bits per heavy atom. The molecule has 2 N–H and O–H groups in total. The maximum absolute atomic E-state index is 11.9. The lowest BCUT2D eigenvalue weighted by molar-refractivity contribution is -0.122. The van der Waals surface area contributed by atoms with Crippen molar-refractivity contribution in [3.63, 3.8) is 0 Å². The van der Waals surface area contributed by atoms with Gasteiger partial charge in [0.15, 0.2) is 0 Å². The van der Waals surface area contributed by atoms with E-state index in [1.807, 2.05) is 30.3 Å². The molecule has 0 saturated carbocycles. The summed E-state index contributed by atoms with van der Waals surface area (Å²) >= 11 is 0. The molecule has 1 amide bonds. The average Bonchev–Trinajstić information content (AvgIpc) is 3.17. The molecule has 0 bridgehead atoms. The van der Waals surface area contributed by atoms with Crippen LogP contribution >= 0.6 is 0 Å². The first kappa shape index (κ1) is 13.8. The highest BCUT2D eigenvalue weighted by Crippen LogP contribution is 2.25. The van der Waals surface area contributed by atoms with Crippen LogP contribution in [0.3, 0.4) is 0 Å². The van der Waals surface area contributed by atoms with Crippen LogP contribution in [0, 0.1) is 0 Å². The normalized spacial score (nSPS) is 17.8. The number of hydrogen-bond acceptors (Lipinski definition) is 4. The minimum absolute atomic E-state index is 0.0152. The second-order valence-electron chi connectivity index (χ2n) is 4.87. The molecule has 21 heavy (non-hydrogen) atoms. The first-order valence-electron chi connectivity index (χ1n) is 6.91. The predicted molar refractivity (Wildman–Crippen MR) is 77.8 cm³/mol. The molecule has 6 nitrogen and oxygen atoms in total. The number of hydrogen-bond donors (Lipinski definition) is 2. The van der Waals surface area contributed by atoms with Crippen LogP contribution in [0.2, 0.25) is 0 Å². The Labute approximate surface area is 122 Å². The van der Waals surface area contributed by atoms with Crippen molar-refractivity contribution in [2.75, 3.05) is 25.1 Å². The maximum Gasteiger partial charge on any atom is 0.251 e. The van der Waals surface area contributed by atoms with Gasteiger partial charge < -0.3 is 14.8 Å². The van der Waals surface area contributed by atoms with Crippen LogP contribution in [0.5, 0.6) is 0 Å². The smallest absolute Gasteiger partial charge is 0.251 e. The summed E-state index contributed by atoms with van der Waals surface area (Å²) in [5, 5.41) is 9.58. The molecule has 2 aromatic rings. The van der Waals surface area contributed by atoms with E-state index in [1.165, 1.54) is 0 Å². The van der Waals surface area contributed by atoms with E-state index in [4.69, 9.17) is 9.47 Å². The lowest BCUT2D eigenvalue weighted by Crippen LogP contribution is -2.23. The molecule has 1 aliphatic heterocycles. The second kappa shape index (κ2) is 6.51. The van der Waals surface area contributed by atoms with Crippen molar-refractivity contribution in [1.82, 2.24) is 10.2 Å². The highest BCUT2D eigenvalue weighted by Gasteiger charge is 2.18. The van der Waals surface area contributed by atoms with E-state index in [-0.39, 0.29) is 18.6 Å². The molecule has 1 atom stereocenters. The number of ether oxygens (including phenoxy) is 2. The molecule has 0 spiro atoms. The number of H-pyrrole nitrogens is 1. The van der Waals surface area contributed by atoms with Crippen molar-refractivity contribution < 1.29 is 14.3 Å².